The average molecular weight is 315 g/mol. The van der Waals surface area contributed by atoms with Gasteiger partial charge < -0.3 is 4.57 Å². The molecule has 1 unspecified atom stereocenters. The fraction of sp³-hybridized carbons (Fsp3) is 0.692. The van der Waals surface area contributed by atoms with E-state index in [0.717, 1.165) is 47.0 Å². The molecule has 1 aliphatic heterocycles. The van der Waals surface area contributed by atoms with Crippen LogP contribution < -0.4 is 0 Å². The van der Waals surface area contributed by atoms with Crippen LogP contribution in [0.5, 0.6) is 0 Å². The number of fused-ring (bicyclic) bond motifs is 1. The maximum atomic E-state index is 11.6. The van der Waals surface area contributed by atoms with Gasteiger partial charge in [-0.1, -0.05) is 0 Å². The summed E-state index contributed by atoms with van der Waals surface area (Å²) < 4.78 is 15.7. The Morgan fingerprint density at radius 3 is 2.65 bits per heavy atom. The van der Waals surface area contributed by atoms with Crippen molar-refractivity contribution in [3.05, 3.63) is 11.5 Å². The number of hydrogen-bond donors (Lipinski definition) is 0. The second-order valence-corrected chi connectivity index (χ2v) is 7.77. The Kier molecular flexibility index (Phi) is 3.62. The lowest BCUT2D eigenvalue weighted by molar-refractivity contribution is 0.450. The number of nitrogens with zero attached hydrogens (tertiary/aromatic N) is 4. The predicted octanol–water partition coefficient (Wildman–Crippen LogP) is 2.46. The van der Waals surface area contributed by atoms with Gasteiger partial charge in [0.15, 0.2) is 5.65 Å². The van der Waals surface area contributed by atoms with E-state index in [1.165, 1.54) is 0 Å². The second kappa shape index (κ2) is 5.15. The van der Waals surface area contributed by atoms with Crippen LogP contribution in [-0.2, 0) is 17.8 Å². The largest absolute Gasteiger partial charge is 0.308 e. The molecule has 7 heteroatoms. The third-order valence-electron chi connectivity index (χ3n) is 3.94. The Morgan fingerprint density at radius 1 is 1.40 bits per heavy atom. The standard InChI is InChI=1S/C13H19ClN4OS/c1-8(14)12-15-11-9(2)16-17(3)13(11)18(12)10-4-6-20(19)7-5-10/h8,10H,4-7H2,1-3H3. The number of hydrogen-bond acceptors (Lipinski definition) is 3. The lowest BCUT2D eigenvalue weighted by Gasteiger charge is -2.25. The molecular formula is C13H19ClN4OS. The van der Waals surface area contributed by atoms with Gasteiger partial charge >= 0.3 is 0 Å². The van der Waals surface area contributed by atoms with Crippen molar-refractivity contribution < 1.29 is 4.21 Å². The predicted molar refractivity (Wildman–Crippen MR) is 81.7 cm³/mol. The summed E-state index contributed by atoms with van der Waals surface area (Å²) >= 11 is 6.32. The van der Waals surface area contributed by atoms with Crippen molar-refractivity contribution in [2.75, 3.05) is 11.5 Å². The van der Waals surface area contributed by atoms with E-state index in [0.29, 0.717) is 6.04 Å². The topological polar surface area (TPSA) is 52.7 Å². The van der Waals surface area contributed by atoms with Crippen molar-refractivity contribution in [3.63, 3.8) is 0 Å². The lowest BCUT2D eigenvalue weighted by atomic mass is 10.1. The second-order valence-electron chi connectivity index (χ2n) is 5.42. The van der Waals surface area contributed by atoms with Crippen LogP contribution in [0.4, 0.5) is 0 Å². The molecule has 2 aromatic heterocycles. The molecule has 0 spiro atoms. The minimum absolute atomic E-state index is 0.144. The molecule has 0 aliphatic carbocycles. The molecule has 0 amide bonds. The molecule has 20 heavy (non-hydrogen) atoms. The van der Waals surface area contributed by atoms with Gasteiger partial charge in [0.1, 0.15) is 11.3 Å². The number of alkyl halides is 1. The summed E-state index contributed by atoms with van der Waals surface area (Å²) in [5.41, 5.74) is 2.89. The summed E-state index contributed by atoms with van der Waals surface area (Å²) in [4.78, 5) is 4.70. The SMILES string of the molecule is Cc1nn(C)c2c1nc(C(C)Cl)n2C1CCS(=O)CC1. The lowest BCUT2D eigenvalue weighted by Crippen LogP contribution is -2.24. The van der Waals surface area contributed by atoms with Crippen molar-refractivity contribution >= 4 is 33.6 Å². The van der Waals surface area contributed by atoms with Crippen LogP contribution in [0.2, 0.25) is 0 Å². The zero-order valence-electron chi connectivity index (χ0n) is 12.0. The van der Waals surface area contributed by atoms with Gasteiger partial charge in [0.2, 0.25) is 0 Å². The third-order valence-corrected chi connectivity index (χ3v) is 5.52. The summed E-state index contributed by atoms with van der Waals surface area (Å²) in [7, 11) is 1.28. The first kappa shape index (κ1) is 14.1. The van der Waals surface area contributed by atoms with E-state index in [-0.39, 0.29) is 5.38 Å². The molecule has 0 saturated carbocycles. The van der Waals surface area contributed by atoms with E-state index in [4.69, 9.17) is 16.6 Å². The Morgan fingerprint density at radius 2 is 2.05 bits per heavy atom. The first-order valence-electron chi connectivity index (χ1n) is 6.89. The van der Waals surface area contributed by atoms with Crippen molar-refractivity contribution in [2.45, 2.75) is 38.1 Å². The Hall–Kier alpha value is -0.880. The number of aryl methyl sites for hydroxylation is 2. The first-order valence-corrected chi connectivity index (χ1v) is 8.82. The summed E-state index contributed by atoms with van der Waals surface area (Å²) in [5.74, 6) is 2.42. The molecule has 2 aromatic rings. The Labute approximate surface area is 125 Å². The molecule has 0 radical (unpaired) electrons. The summed E-state index contributed by atoms with van der Waals surface area (Å²) in [6, 6.07) is 0.323. The molecule has 1 fully saturated rings. The van der Waals surface area contributed by atoms with Crippen LogP contribution >= 0.6 is 11.6 Å². The average Bonchev–Trinajstić information content (AvgIpc) is 2.90. The molecule has 1 saturated heterocycles. The van der Waals surface area contributed by atoms with E-state index in [1.807, 2.05) is 25.6 Å². The number of halogens is 1. The van der Waals surface area contributed by atoms with Crippen LogP contribution in [0.3, 0.4) is 0 Å². The fourth-order valence-corrected chi connectivity index (χ4v) is 4.42. The van der Waals surface area contributed by atoms with E-state index < -0.39 is 10.8 Å². The van der Waals surface area contributed by atoms with Crippen molar-refractivity contribution in [1.82, 2.24) is 19.3 Å². The highest BCUT2D eigenvalue weighted by atomic mass is 35.5. The first-order chi connectivity index (χ1) is 9.49. The van der Waals surface area contributed by atoms with Crippen LogP contribution in [0.25, 0.3) is 11.2 Å². The quantitative estimate of drug-likeness (QED) is 0.800. The van der Waals surface area contributed by atoms with Gasteiger partial charge in [0.05, 0.1) is 11.1 Å². The van der Waals surface area contributed by atoms with Gasteiger partial charge in [-0.05, 0) is 26.7 Å². The molecule has 5 nitrogen and oxygen atoms in total. The third kappa shape index (κ3) is 2.19. The van der Waals surface area contributed by atoms with Gasteiger partial charge in [0, 0.05) is 35.4 Å². The van der Waals surface area contributed by atoms with Crippen molar-refractivity contribution in [1.29, 1.82) is 0 Å². The maximum Gasteiger partial charge on any atom is 0.158 e. The number of aromatic nitrogens is 4. The summed E-state index contributed by atoms with van der Waals surface area (Å²) in [6.07, 6.45) is 1.83. The zero-order valence-corrected chi connectivity index (χ0v) is 13.5. The molecule has 1 aliphatic rings. The van der Waals surface area contributed by atoms with E-state index >= 15 is 0 Å². The Bertz CT molecular complexity index is 666. The van der Waals surface area contributed by atoms with Gasteiger partial charge in [-0.15, -0.1) is 11.6 Å². The highest BCUT2D eigenvalue weighted by Gasteiger charge is 2.27. The van der Waals surface area contributed by atoms with Gasteiger partial charge in [-0.3, -0.25) is 8.89 Å². The van der Waals surface area contributed by atoms with Crippen molar-refractivity contribution in [3.8, 4) is 0 Å². The van der Waals surface area contributed by atoms with E-state index in [9.17, 15) is 4.21 Å². The number of imidazole rings is 1. The molecule has 110 valence electrons. The highest BCUT2D eigenvalue weighted by Crippen LogP contribution is 2.33. The normalized spacial score (nSPS) is 25.2. The van der Waals surface area contributed by atoms with Crippen LogP contribution in [0, 0.1) is 6.92 Å². The molecule has 3 rings (SSSR count). The minimum atomic E-state index is -0.663. The van der Waals surface area contributed by atoms with Crippen molar-refractivity contribution in [2.24, 2.45) is 7.05 Å². The maximum absolute atomic E-state index is 11.6. The summed E-state index contributed by atoms with van der Waals surface area (Å²) in [6.45, 7) is 3.92. The van der Waals surface area contributed by atoms with E-state index in [1.54, 1.807) is 0 Å². The van der Waals surface area contributed by atoms with Gasteiger partial charge in [-0.25, -0.2) is 4.98 Å². The smallest absolute Gasteiger partial charge is 0.158 e. The highest BCUT2D eigenvalue weighted by molar-refractivity contribution is 7.85. The molecule has 1 atom stereocenters. The van der Waals surface area contributed by atoms with Crippen LogP contribution in [-0.4, -0.2) is 35.0 Å². The molecule has 0 bridgehead atoms. The fourth-order valence-electron chi connectivity index (χ4n) is 2.99. The molecule has 3 heterocycles. The minimum Gasteiger partial charge on any atom is -0.308 e. The zero-order chi connectivity index (χ0) is 14.4. The molecule has 0 N–H and O–H groups in total. The Balaban J connectivity index is 2.15. The van der Waals surface area contributed by atoms with Gasteiger partial charge in [-0.2, -0.15) is 5.10 Å². The van der Waals surface area contributed by atoms with Gasteiger partial charge in [0.25, 0.3) is 0 Å². The van der Waals surface area contributed by atoms with Crippen LogP contribution in [0.15, 0.2) is 0 Å². The van der Waals surface area contributed by atoms with E-state index in [2.05, 4.69) is 9.67 Å². The number of rotatable bonds is 2. The monoisotopic (exact) mass is 314 g/mol. The summed E-state index contributed by atoms with van der Waals surface area (Å²) in [5, 5.41) is 4.31. The molecular weight excluding hydrogens is 296 g/mol. The van der Waals surface area contributed by atoms with Crippen LogP contribution in [0.1, 0.15) is 42.7 Å². The molecule has 0 aromatic carbocycles.